The molecule has 0 aliphatic heterocycles. The van der Waals surface area contributed by atoms with Gasteiger partial charge in [0.25, 0.3) is 0 Å². The lowest BCUT2D eigenvalue weighted by molar-refractivity contribution is 0.451. The Morgan fingerprint density at radius 2 is 1.88 bits per heavy atom. The lowest BCUT2D eigenvalue weighted by Gasteiger charge is -2.09. The summed E-state index contributed by atoms with van der Waals surface area (Å²) >= 11 is 3.41. The summed E-state index contributed by atoms with van der Waals surface area (Å²) in [4.78, 5) is 8.27. The monoisotopic (exact) mass is 278 g/mol. The van der Waals surface area contributed by atoms with Gasteiger partial charge in [0.15, 0.2) is 0 Å². The highest BCUT2D eigenvalue weighted by molar-refractivity contribution is 9.10. The second-order valence-electron chi connectivity index (χ2n) is 3.46. The first-order chi connectivity index (χ1) is 7.66. The number of hydrogen-bond acceptors (Lipinski definition) is 3. The fourth-order valence-corrected chi connectivity index (χ4v) is 1.62. The average molecular weight is 279 g/mol. The number of benzene rings is 1. The lowest BCUT2D eigenvalue weighted by Crippen LogP contribution is -1.94. The molecule has 0 unspecified atom stereocenters. The first kappa shape index (κ1) is 11.1. The van der Waals surface area contributed by atoms with Gasteiger partial charge in [-0.25, -0.2) is 4.98 Å². The SMILES string of the molecule is Cc1ccc(Br)cc1Oc1nccnc1C. The highest BCUT2D eigenvalue weighted by Gasteiger charge is 2.06. The van der Waals surface area contributed by atoms with Crippen LogP contribution in [0.4, 0.5) is 0 Å². The molecule has 1 aromatic heterocycles. The Bertz CT molecular complexity index is 514. The first-order valence-electron chi connectivity index (χ1n) is 4.88. The van der Waals surface area contributed by atoms with Gasteiger partial charge in [-0.1, -0.05) is 22.0 Å². The standard InChI is InChI=1S/C12H11BrN2O/c1-8-3-4-10(13)7-11(8)16-12-9(2)14-5-6-15-12/h3-7H,1-2H3. The smallest absolute Gasteiger partial charge is 0.240 e. The van der Waals surface area contributed by atoms with Crippen molar-refractivity contribution < 1.29 is 4.74 Å². The van der Waals surface area contributed by atoms with Crippen LogP contribution in [-0.4, -0.2) is 9.97 Å². The summed E-state index contributed by atoms with van der Waals surface area (Å²) in [6.07, 6.45) is 3.27. The Morgan fingerprint density at radius 1 is 1.12 bits per heavy atom. The van der Waals surface area contributed by atoms with Crippen molar-refractivity contribution in [2.75, 3.05) is 0 Å². The van der Waals surface area contributed by atoms with E-state index >= 15 is 0 Å². The van der Waals surface area contributed by atoms with Gasteiger partial charge < -0.3 is 4.74 Å². The predicted octanol–water partition coefficient (Wildman–Crippen LogP) is 3.65. The summed E-state index contributed by atoms with van der Waals surface area (Å²) in [5, 5.41) is 0. The van der Waals surface area contributed by atoms with Crippen LogP contribution in [0.5, 0.6) is 11.6 Å². The van der Waals surface area contributed by atoms with E-state index in [1.165, 1.54) is 0 Å². The van der Waals surface area contributed by atoms with Crippen molar-refractivity contribution in [2.24, 2.45) is 0 Å². The van der Waals surface area contributed by atoms with Crippen LogP contribution >= 0.6 is 15.9 Å². The molecular formula is C12H11BrN2O. The molecule has 0 fully saturated rings. The summed E-state index contributed by atoms with van der Waals surface area (Å²) in [6, 6.07) is 5.89. The molecule has 0 bridgehead atoms. The Balaban J connectivity index is 2.34. The molecule has 0 atom stereocenters. The number of aromatic nitrogens is 2. The molecule has 0 radical (unpaired) electrons. The van der Waals surface area contributed by atoms with E-state index in [2.05, 4.69) is 25.9 Å². The van der Waals surface area contributed by atoms with Crippen molar-refractivity contribution >= 4 is 15.9 Å². The van der Waals surface area contributed by atoms with Gasteiger partial charge >= 0.3 is 0 Å². The Kier molecular flexibility index (Phi) is 3.19. The van der Waals surface area contributed by atoms with Crippen LogP contribution in [0, 0.1) is 13.8 Å². The molecule has 4 heteroatoms. The number of halogens is 1. The molecular weight excluding hydrogens is 268 g/mol. The molecule has 0 N–H and O–H groups in total. The third-order valence-corrected chi connectivity index (χ3v) is 2.69. The van der Waals surface area contributed by atoms with Crippen molar-refractivity contribution in [1.29, 1.82) is 0 Å². The van der Waals surface area contributed by atoms with Gasteiger partial charge in [0, 0.05) is 16.9 Å². The van der Waals surface area contributed by atoms with Gasteiger partial charge in [0.1, 0.15) is 5.75 Å². The van der Waals surface area contributed by atoms with Gasteiger partial charge in [-0.3, -0.25) is 4.98 Å². The molecule has 0 aliphatic carbocycles. The predicted molar refractivity (Wildman–Crippen MR) is 65.7 cm³/mol. The number of nitrogens with zero attached hydrogens (tertiary/aromatic N) is 2. The highest BCUT2D eigenvalue weighted by Crippen LogP contribution is 2.27. The second kappa shape index (κ2) is 4.61. The van der Waals surface area contributed by atoms with E-state index < -0.39 is 0 Å². The number of hydrogen-bond donors (Lipinski definition) is 0. The van der Waals surface area contributed by atoms with Crippen LogP contribution in [0.3, 0.4) is 0 Å². The van der Waals surface area contributed by atoms with Crippen molar-refractivity contribution in [3.05, 3.63) is 46.3 Å². The molecule has 2 aromatic rings. The molecule has 0 saturated carbocycles. The Morgan fingerprint density at radius 3 is 2.62 bits per heavy atom. The summed E-state index contributed by atoms with van der Waals surface area (Å²) in [5.41, 5.74) is 1.84. The maximum atomic E-state index is 5.72. The van der Waals surface area contributed by atoms with Gasteiger partial charge in [0.05, 0.1) is 5.69 Å². The quantitative estimate of drug-likeness (QED) is 0.841. The van der Waals surface area contributed by atoms with E-state index in [1.54, 1.807) is 12.4 Å². The van der Waals surface area contributed by atoms with Crippen molar-refractivity contribution in [3.8, 4) is 11.6 Å². The topological polar surface area (TPSA) is 35.0 Å². The summed E-state index contributed by atoms with van der Waals surface area (Å²) in [5.74, 6) is 1.33. The van der Waals surface area contributed by atoms with Crippen molar-refractivity contribution in [1.82, 2.24) is 9.97 Å². The third kappa shape index (κ3) is 2.39. The maximum Gasteiger partial charge on any atom is 0.240 e. The molecule has 1 aromatic carbocycles. The molecule has 0 saturated heterocycles. The van der Waals surface area contributed by atoms with E-state index in [9.17, 15) is 0 Å². The zero-order valence-corrected chi connectivity index (χ0v) is 10.7. The van der Waals surface area contributed by atoms with Gasteiger partial charge in [-0.15, -0.1) is 0 Å². The van der Waals surface area contributed by atoms with Crippen LogP contribution < -0.4 is 4.74 Å². The minimum Gasteiger partial charge on any atom is -0.437 e. The van der Waals surface area contributed by atoms with Crippen LogP contribution in [0.1, 0.15) is 11.3 Å². The van der Waals surface area contributed by atoms with E-state index in [0.29, 0.717) is 5.88 Å². The van der Waals surface area contributed by atoms with Crippen LogP contribution in [0.15, 0.2) is 35.1 Å². The molecule has 16 heavy (non-hydrogen) atoms. The number of aryl methyl sites for hydroxylation is 2. The summed E-state index contributed by atoms with van der Waals surface area (Å²) < 4.78 is 6.70. The normalized spacial score (nSPS) is 10.2. The zero-order valence-electron chi connectivity index (χ0n) is 9.07. The van der Waals surface area contributed by atoms with Crippen LogP contribution in [0.25, 0.3) is 0 Å². The maximum absolute atomic E-state index is 5.72. The number of rotatable bonds is 2. The third-order valence-electron chi connectivity index (χ3n) is 2.19. The molecule has 0 amide bonds. The minimum absolute atomic E-state index is 0.545. The summed E-state index contributed by atoms with van der Waals surface area (Å²) in [6.45, 7) is 3.86. The molecule has 82 valence electrons. The first-order valence-corrected chi connectivity index (χ1v) is 5.68. The Labute approximate surface area is 103 Å². The second-order valence-corrected chi connectivity index (χ2v) is 4.37. The highest BCUT2D eigenvalue weighted by atomic mass is 79.9. The fourth-order valence-electron chi connectivity index (χ4n) is 1.28. The molecule has 1 heterocycles. The van der Waals surface area contributed by atoms with Crippen LogP contribution in [0.2, 0.25) is 0 Å². The van der Waals surface area contributed by atoms with E-state index in [1.807, 2.05) is 32.0 Å². The van der Waals surface area contributed by atoms with Crippen molar-refractivity contribution in [3.63, 3.8) is 0 Å². The molecule has 0 spiro atoms. The molecule has 3 nitrogen and oxygen atoms in total. The molecule has 2 rings (SSSR count). The lowest BCUT2D eigenvalue weighted by atomic mass is 10.2. The van der Waals surface area contributed by atoms with E-state index in [-0.39, 0.29) is 0 Å². The van der Waals surface area contributed by atoms with Crippen molar-refractivity contribution in [2.45, 2.75) is 13.8 Å². The average Bonchev–Trinajstić information content (AvgIpc) is 2.27. The summed E-state index contributed by atoms with van der Waals surface area (Å²) in [7, 11) is 0. The van der Waals surface area contributed by atoms with E-state index in [4.69, 9.17) is 4.74 Å². The Hall–Kier alpha value is -1.42. The molecule has 0 aliphatic rings. The van der Waals surface area contributed by atoms with Gasteiger partial charge in [-0.2, -0.15) is 0 Å². The zero-order chi connectivity index (χ0) is 11.5. The van der Waals surface area contributed by atoms with Crippen LogP contribution in [-0.2, 0) is 0 Å². The largest absolute Gasteiger partial charge is 0.437 e. The fraction of sp³-hybridized carbons (Fsp3) is 0.167. The van der Waals surface area contributed by atoms with E-state index in [0.717, 1.165) is 21.5 Å². The van der Waals surface area contributed by atoms with Gasteiger partial charge in [-0.05, 0) is 31.5 Å². The minimum atomic E-state index is 0.545. The van der Waals surface area contributed by atoms with Gasteiger partial charge in [0.2, 0.25) is 5.88 Å². The number of ether oxygens (including phenoxy) is 1.